The standard InChI is InChI=1S/C57H37N3S/c1-6-18-38(19-7-1)45-28-16-30-48-49-31-17-29-47(57(49)61-56(45)48)46-32-33-50(43-34-51(39-20-8-2-9-21-39)58-52(35-43)40-22-10-3-11-23-40)60-55(46)44-36-53(41-24-12-4-13-25-41)59-54(37-44)42-26-14-5-15-27-42/h1-37H. The quantitative estimate of drug-likeness (QED) is 0.154. The molecule has 0 saturated carbocycles. The summed E-state index contributed by atoms with van der Waals surface area (Å²) >= 11 is 1.86. The molecule has 0 spiro atoms. The van der Waals surface area contributed by atoms with Crippen molar-refractivity contribution in [1.29, 1.82) is 0 Å². The van der Waals surface area contributed by atoms with Gasteiger partial charge in [-0.25, -0.2) is 15.0 Å². The smallest absolute Gasteiger partial charge is 0.0789 e. The minimum Gasteiger partial charge on any atom is -0.248 e. The van der Waals surface area contributed by atoms with Crippen molar-refractivity contribution in [3.63, 3.8) is 0 Å². The Kier molecular flexibility index (Phi) is 9.38. The van der Waals surface area contributed by atoms with Gasteiger partial charge in [0.2, 0.25) is 0 Å². The van der Waals surface area contributed by atoms with Gasteiger partial charge in [-0.05, 0) is 47.5 Å². The van der Waals surface area contributed by atoms with E-state index in [-0.39, 0.29) is 0 Å². The second-order valence-electron chi connectivity index (χ2n) is 15.1. The number of benzene rings is 7. The Morgan fingerprint density at radius 3 is 1.10 bits per heavy atom. The van der Waals surface area contributed by atoms with Crippen LogP contribution in [-0.4, -0.2) is 15.0 Å². The van der Waals surface area contributed by atoms with Crippen LogP contribution in [-0.2, 0) is 0 Å². The molecule has 0 atom stereocenters. The van der Waals surface area contributed by atoms with Crippen LogP contribution in [0.5, 0.6) is 0 Å². The number of aromatic nitrogens is 3. The molecule has 11 rings (SSSR count). The summed E-state index contributed by atoms with van der Waals surface area (Å²) in [5.74, 6) is 0. The predicted molar refractivity (Wildman–Crippen MR) is 256 cm³/mol. The SMILES string of the molecule is c1ccc(-c2cc(-c3ccc(-c4cccc5c4sc4c(-c6ccccc6)cccc45)c(-c4cc(-c5ccccc5)nc(-c5ccccc5)c4)n3)cc(-c3ccccc3)n2)cc1. The summed E-state index contributed by atoms with van der Waals surface area (Å²) in [6.45, 7) is 0. The maximum Gasteiger partial charge on any atom is 0.0789 e. The fourth-order valence-electron chi connectivity index (χ4n) is 8.31. The van der Waals surface area contributed by atoms with E-state index in [0.717, 1.165) is 78.7 Å². The van der Waals surface area contributed by atoms with E-state index in [2.05, 4.69) is 200 Å². The van der Waals surface area contributed by atoms with Crippen LogP contribution in [0.4, 0.5) is 0 Å². The van der Waals surface area contributed by atoms with Gasteiger partial charge in [0.1, 0.15) is 0 Å². The van der Waals surface area contributed by atoms with Gasteiger partial charge in [0, 0.05) is 64.7 Å². The van der Waals surface area contributed by atoms with Crippen LogP contribution in [0.2, 0.25) is 0 Å². The Bertz CT molecular complexity index is 3210. The highest BCUT2D eigenvalue weighted by Gasteiger charge is 2.20. The number of nitrogens with zero attached hydrogens (tertiary/aromatic N) is 3. The normalized spacial score (nSPS) is 11.3. The maximum atomic E-state index is 5.70. The Labute approximate surface area is 359 Å². The fourth-order valence-corrected chi connectivity index (χ4v) is 9.67. The number of thiophene rings is 1. The summed E-state index contributed by atoms with van der Waals surface area (Å²) in [6, 6.07) is 78.9. The molecule has 0 aliphatic rings. The number of hydrogen-bond acceptors (Lipinski definition) is 4. The second kappa shape index (κ2) is 15.8. The molecule has 0 aliphatic carbocycles. The van der Waals surface area contributed by atoms with E-state index >= 15 is 0 Å². The van der Waals surface area contributed by atoms with Crippen LogP contribution in [0, 0.1) is 0 Å². The molecule has 3 nitrogen and oxygen atoms in total. The van der Waals surface area contributed by atoms with Crippen molar-refractivity contribution in [2.45, 2.75) is 0 Å². The average molecular weight is 796 g/mol. The molecule has 286 valence electrons. The first-order valence-electron chi connectivity index (χ1n) is 20.5. The number of pyridine rings is 3. The van der Waals surface area contributed by atoms with Gasteiger partial charge >= 0.3 is 0 Å². The minimum atomic E-state index is 0.865. The Morgan fingerprint density at radius 2 is 0.639 bits per heavy atom. The highest BCUT2D eigenvalue weighted by atomic mass is 32.1. The topological polar surface area (TPSA) is 38.7 Å². The lowest BCUT2D eigenvalue weighted by Crippen LogP contribution is -1.97. The third-order valence-corrected chi connectivity index (χ3v) is 12.6. The molecule has 4 aromatic heterocycles. The summed E-state index contributed by atoms with van der Waals surface area (Å²) < 4.78 is 2.52. The van der Waals surface area contributed by atoms with Crippen molar-refractivity contribution in [2.24, 2.45) is 0 Å². The van der Waals surface area contributed by atoms with Gasteiger partial charge < -0.3 is 0 Å². The lowest BCUT2D eigenvalue weighted by molar-refractivity contribution is 1.27. The highest BCUT2D eigenvalue weighted by Crippen LogP contribution is 2.46. The zero-order valence-corrected chi connectivity index (χ0v) is 33.9. The fraction of sp³-hybridized carbons (Fsp3) is 0. The number of fused-ring (bicyclic) bond motifs is 3. The van der Waals surface area contributed by atoms with Crippen LogP contribution in [0.15, 0.2) is 224 Å². The van der Waals surface area contributed by atoms with Crippen molar-refractivity contribution in [3.05, 3.63) is 224 Å². The van der Waals surface area contributed by atoms with Gasteiger partial charge in [-0.1, -0.05) is 188 Å². The van der Waals surface area contributed by atoms with Gasteiger partial charge in [0.25, 0.3) is 0 Å². The molecule has 0 fully saturated rings. The van der Waals surface area contributed by atoms with E-state index < -0.39 is 0 Å². The van der Waals surface area contributed by atoms with E-state index in [4.69, 9.17) is 15.0 Å². The summed E-state index contributed by atoms with van der Waals surface area (Å²) in [6.07, 6.45) is 0. The van der Waals surface area contributed by atoms with Gasteiger partial charge in [-0.15, -0.1) is 11.3 Å². The third kappa shape index (κ3) is 6.99. The zero-order chi connectivity index (χ0) is 40.5. The van der Waals surface area contributed by atoms with E-state index in [0.29, 0.717) is 0 Å². The van der Waals surface area contributed by atoms with E-state index in [1.54, 1.807) is 0 Å². The van der Waals surface area contributed by atoms with E-state index in [1.807, 2.05) is 35.6 Å². The second-order valence-corrected chi connectivity index (χ2v) is 16.2. The Morgan fingerprint density at radius 1 is 0.246 bits per heavy atom. The summed E-state index contributed by atoms with van der Waals surface area (Å²) in [4.78, 5) is 16.1. The van der Waals surface area contributed by atoms with Crippen LogP contribution in [0.1, 0.15) is 0 Å². The molecule has 0 N–H and O–H groups in total. The van der Waals surface area contributed by atoms with Crippen LogP contribution in [0.25, 0.3) is 110 Å². The molecule has 4 heterocycles. The van der Waals surface area contributed by atoms with Crippen molar-refractivity contribution < 1.29 is 0 Å². The molecule has 0 amide bonds. The third-order valence-electron chi connectivity index (χ3n) is 11.3. The zero-order valence-electron chi connectivity index (χ0n) is 33.1. The molecule has 11 aromatic rings. The molecular weight excluding hydrogens is 759 g/mol. The maximum absolute atomic E-state index is 5.70. The van der Waals surface area contributed by atoms with Crippen molar-refractivity contribution in [2.75, 3.05) is 0 Å². The lowest BCUT2D eigenvalue weighted by atomic mass is 9.94. The molecule has 0 bridgehead atoms. The van der Waals surface area contributed by atoms with Gasteiger partial charge in [0.05, 0.1) is 34.2 Å². The van der Waals surface area contributed by atoms with Crippen molar-refractivity contribution in [3.8, 4) is 89.8 Å². The summed E-state index contributed by atoms with van der Waals surface area (Å²) in [7, 11) is 0. The first-order chi connectivity index (χ1) is 30.2. The van der Waals surface area contributed by atoms with Crippen molar-refractivity contribution in [1.82, 2.24) is 15.0 Å². The predicted octanol–water partition coefficient (Wildman–Crippen LogP) is 15.6. The van der Waals surface area contributed by atoms with Gasteiger partial charge in [-0.2, -0.15) is 0 Å². The van der Waals surface area contributed by atoms with Crippen LogP contribution >= 0.6 is 11.3 Å². The van der Waals surface area contributed by atoms with Gasteiger partial charge in [0.15, 0.2) is 0 Å². The lowest BCUT2D eigenvalue weighted by Gasteiger charge is -2.16. The van der Waals surface area contributed by atoms with E-state index in [9.17, 15) is 0 Å². The monoisotopic (exact) mass is 795 g/mol. The molecule has 4 heteroatoms. The molecule has 0 unspecified atom stereocenters. The van der Waals surface area contributed by atoms with Gasteiger partial charge in [-0.3, -0.25) is 0 Å². The molecule has 0 saturated heterocycles. The Balaban J connectivity index is 1.18. The number of hydrogen-bond donors (Lipinski definition) is 0. The molecule has 7 aromatic carbocycles. The van der Waals surface area contributed by atoms with Crippen LogP contribution < -0.4 is 0 Å². The molecule has 0 aliphatic heterocycles. The summed E-state index contributed by atoms with van der Waals surface area (Å²) in [5.41, 5.74) is 16.2. The first kappa shape index (κ1) is 36.3. The Hall–Kier alpha value is -7.79. The van der Waals surface area contributed by atoms with E-state index in [1.165, 1.54) is 31.3 Å². The minimum absolute atomic E-state index is 0.865. The van der Waals surface area contributed by atoms with Crippen molar-refractivity contribution >= 4 is 31.5 Å². The summed E-state index contributed by atoms with van der Waals surface area (Å²) in [5, 5.41) is 2.50. The van der Waals surface area contributed by atoms with Crippen LogP contribution in [0.3, 0.4) is 0 Å². The molecular formula is C57H37N3S. The first-order valence-corrected chi connectivity index (χ1v) is 21.3. The average Bonchev–Trinajstić information content (AvgIpc) is 3.74. The molecule has 0 radical (unpaired) electrons. The highest BCUT2D eigenvalue weighted by molar-refractivity contribution is 7.26. The largest absolute Gasteiger partial charge is 0.248 e. The number of rotatable bonds is 8. The molecule has 61 heavy (non-hydrogen) atoms.